The topological polar surface area (TPSA) is 218 Å². The Balaban J connectivity index is 1.37. The van der Waals surface area contributed by atoms with Crippen molar-refractivity contribution in [2.24, 2.45) is 17.6 Å². The van der Waals surface area contributed by atoms with Crippen LogP contribution in [0.2, 0.25) is 0 Å². The van der Waals surface area contributed by atoms with Gasteiger partial charge in [0.15, 0.2) is 0 Å². The number of nitrogens with one attached hydrogen (secondary N) is 4. The van der Waals surface area contributed by atoms with Crippen LogP contribution >= 0.6 is 0 Å². The monoisotopic (exact) mass is 758 g/mol. The third-order valence-electron chi connectivity index (χ3n) is 9.34. The summed E-state index contributed by atoms with van der Waals surface area (Å²) in [6.45, 7) is 6.98. The number of amides is 6. The lowest BCUT2D eigenvalue weighted by Gasteiger charge is -2.26. The van der Waals surface area contributed by atoms with E-state index in [2.05, 4.69) is 21.3 Å². The molecule has 0 fully saturated rings. The number of urea groups is 1. The van der Waals surface area contributed by atoms with E-state index < -0.39 is 54.1 Å². The number of likely N-dealkylation sites (N-methyl/N-ethyl adjacent to an activating group) is 1. The summed E-state index contributed by atoms with van der Waals surface area (Å²) in [7, 11) is 1.36. The number of nitrogens with zero attached hydrogens (tertiary/aromatic N) is 1. The fourth-order valence-corrected chi connectivity index (χ4v) is 6.52. The summed E-state index contributed by atoms with van der Waals surface area (Å²) in [4.78, 5) is 76.6. The van der Waals surface area contributed by atoms with Crippen molar-refractivity contribution in [3.8, 4) is 11.1 Å². The lowest BCUT2D eigenvalue weighted by Crippen LogP contribution is -2.54. The van der Waals surface area contributed by atoms with Crippen LogP contribution in [-0.2, 0) is 30.5 Å². The SMILES string of the molecule is CC(C)C(NC(=O)OCC1c2ccccc2-c2ccccc21)C(=O)NC(CCCNC(N)=O)C(=O)Nc1ccc(COC(=O)N(C)C(C(=O)O)C(C)C)cc1. The minimum Gasteiger partial charge on any atom is -0.480 e. The number of rotatable bonds is 17. The fraction of sp³-hybridized carbons (Fsp3) is 0.400. The van der Waals surface area contributed by atoms with Crippen LogP contribution in [0.1, 0.15) is 63.1 Å². The van der Waals surface area contributed by atoms with Gasteiger partial charge in [0.25, 0.3) is 0 Å². The lowest BCUT2D eigenvalue weighted by molar-refractivity contribution is -0.143. The van der Waals surface area contributed by atoms with E-state index in [9.17, 15) is 33.9 Å². The summed E-state index contributed by atoms with van der Waals surface area (Å²) in [5, 5.41) is 20.1. The Morgan fingerprint density at radius 1 is 0.800 bits per heavy atom. The molecule has 4 rings (SSSR count). The summed E-state index contributed by atoms with van der Waals surface area (Å²) in [6.07, 6.45) is -1.15. The first-order valence-electron chi connectivity index (χ1n) is 18.1. The second-order valence-electron chi connectivity index (χ2n) is 14.1. The first-order valence-corrected chi connectivity index (χ1v) is 18.1. The maximum atomic E-state index is 13.6. The smallest absolute Gasteiger partial charge is 0.410 e. The summed E-state index contributed by atoms with van der Waals surface area (Å²) in [5.74, 6) is -3.16. The van der Waals surface area contributed by atoms with E-state index in [0.29, 0.717) is 17.7 Å². The number of aliphatic carboxylic acids is 1. The van der Waals surface area contributed by atoms with Gasteiger partial charge in [-0.1, -0.05) is 88.4 Å². The molecule has 55 heavy (non-hydrogen) atoms. The summed E-state index contributed by atoms with van der Waals surface area (Å²) in [6, 6.07) is 18.4. The van der Waals surface area contributed by atoms with Crippen molar-refractivity contribution in [1.29, 1.82) is 0 Å². The van der Waals surface area contributed by atoms with E-state index in [4.69, 9.17) is 15.2 Å². The highest BCUT2D eigenvalue weighted by molar-refractivity contribution is 5.98. The van der Waals surface area contributed by atoms with Gasteiger partial charge in [0.1, 0.15) is 31.3 Å². The number of benzene rings is 3. The molecule has 3 aromatic rings. The van der Waals surface area contributed by atoms with E-state index in [-0.39, 0.29) is 43.9 Å². The molecule has 3 atom stereocenters. The van der Waals surface area contributed by atoms with Crippen LogP contribution in [0.5, 0.6) is 0 Å². The highest BCUT2D eigenvalue weighted by atomic mass is 16.6. The number of ether oxygens (including phenoxy) is 2. The third kappa shape index (κ3) is 11.2. The normalized spacial score (nSPS) is 13.4. The predicted molar refractivity (Wildman–Crippen MR) is 205 cm³/mol. The average molecular weight is 759 g/mol. The Morgan fingerprint density at radius 2 is 1.40 bits per heavy atom. The zero-order valence-corrected chi connectivity index (χ0v) is 31.7. The second kappa shape index (κ2) is 19.3. The molecule has 0 saturated heterocycles. The van der Waals surface area contributed by atoms with Gasteiger partial charge in [-0.05, 0) is 64.6 Å². The molecule has 0 radical (unpaired) electrons. The summed E-state index contributed by atoms with van der Waals surface area (Å²) in [5.41, 5.74) is 10.4. The summed E-state index contributed by atoms with van der Waals surface area (Å²) >= 11 is 0. The van der Waals surface area contributed by atoms with Gasteiger partial charge in [-0.25, -0.2) is 19.2 Å². The van der Waals surface area contributed by atoms with Crippen molar-refractivity contribution in [2.45, 2.75) is 71.2 Å². The van der Waals surface area contributed by atoms with E-state index in [0.717, 1.165) is 27.2 Å². The third-order valence-corrected chi connectivity index (χ3v) is 9.34. The highest BCUT2D eigenvalue weighted by Crippen LogP contribution is 2.44. The largest absolute Gasteiger partial charge is 0.480 e. The molecule has 0 aromatic heterocycles. The predicted octanol–water partition coefficient (Wildman–Crippen LogP) is 4.80. The van der Waals surface area contributed by atoms with Crippen LogP contribution in [0.25, 0.3) is 11.1 Å². The van der Waals surface area contributed by atoms with Crippen LogP contribution in [0.15, 0.2) is 72.8 Å². The molecule has 0 spiro atoms. The van der Waals surface area contributed by atoms with Crippen molar-refractivity contribution >= 4 is 41.7 Å². The van der Waals surface area contributed by atoms with E-state index in [1.54, 1.807) is 52.0 Å². The van der Waals surface area contributed by atoms with E-state index >= 15 is 0 Å². The van der Waals surface area contributed by atoms with Crippen molar-refractivity contribution < 1.29 is 43.3 Å². The minimum absolute atomic E-state index is 0.0613. The Labute approximate surface area is 320 Å². The zero-order chi connectivity index (χ0) is 40.2. The molecule has 3 unspecified atom stereocenters. The number of nitrogens with two attached hydrogens (primary N) is 1. The van der Waals surface area contributed by atoms with Crippen molar-refractivity contribution in [2.75, 3.05) is 25.5 Å². The molecular formula is C40H50N6O9. The molecule has 15 nitrogen and oxygen atoms in total. The summed E-state index contributed by atoms with van der Waals surface area (Å²) < 4.78 is 11.0. The van der Waals surface area contributed by atoms with Gasteiger partial charge in [0.2, 0.25) is 11.8 Å². The lowest BCUT2D eigenvalue weighted by atomic mass is 9.98. The van der Waals surface area contributed by atoms with Gasteiger partial charge in [0.05, 0.1) is 0 Å². The number of carboxylic acid groups (broad SMARTS) is 1. The molecule has 15 heteroatoms. The van der Waals surface area contributed by atoms with Crippen LogP contribution in [0.4, 0.5) is 20.1 Å². The molecular weight excluding hydrogens is 708 g/mol. The molecule has 0 saturated carbocycles. The number of carboxylic acids is 1. The number of hydrogen-bond donors (Lipinski definition) is 6. The van der Waals surface area contributed by atoms with Gasteiger partial charge in [-0.2, -0.15) is 0 Å². The molecule has 6 amide bonds. The molecule has 294 valence electrons. The molecule has 0 heterocycles. The second-order valence-corrected chi connectivity index (χ2v) is 14.1. The quantitative estimate of drug-likeness (QED) is 0.104. The van der Waals surface area contributed by atoms with Gasteiger partial charge in [-0.3, -0.25) is 14.5 Å². The number of anilines is 1. The maximum absolute atomic E-state index is 13.6. The maximum Gasteiger partial charge on any atom is 0.410 e. The van der Waals surface area contributed by atoms with Crippen molar-refractivity contribution in [3.63, 3.8) is 0 Å². The Kier molecular flexibility index (Phi) is 14.6. The Morgan fingerprint density at radius 3 is 1.95 bits per heavy atom. The molecule has 0 bridgehead atoms. The average Bonchev–Trinajstić information content (AvgIpc) is 3.46. The van der Waals surface area contributed by atoms with Crippen molar-refractivity contribution in [3.05, 3.63) is 89.5 Å². The molecule has 3 aromatic carbocycles. The van der Waals surface area contributed by atoms with Crippen LogP contribution in [0, 0.1) is 11.8 Å². The van der Waals surface area contributed by atoms with Crippen molar-refractivity contribution in [1.82, 2.24) is 20.9 Å². The van der Waals surface area contributed by atoms with Gasteiger partial charge < -0.3 is 41.6 Å². The zero-order valence-electron chi connectivity index (χ0n) is 31.7. The number of carbonyl (C=O) groups excluding carboxylic acids is 5. The number of primary amides is 1. The molecule has 0 aliphatic heterocycles. The first-order chi connectivity index (χ1) is 26.2. The molecule has 7 N–H and O–H groups in total. The number of hydrogen-bond acceptors (Lipinski definition) is 8. The Hall–Kier alpha value is -6.12. The number of carbonyl (C=O) groups is 6. The van der Waals surface area contributed by atoms with Gasteiger partial charge >= 0.3 is 24.2 Å². The molecule has 1 aliphatic rings. The number of alkyl carbamates (subject to hydrolysis) is 1. The van der Waals surface area contributed by atoms with Crippen LogP contribution in [0.3, 0.4) is 0 Å². The van der Waals surface area contributed by atoms with Crippen LogP contribution < -0.4 is 27.0 Å². The van der Waals surface area contributed by atoms with Crippen LogP contribution in [-0.4, -0.2) is 84.3 Å². The first kappa shape index (κ1) is 41.6. The van der Waals surface area contributed by atoms with Gasteiger partial charge in [0, 0.05) is 25.2 Å². The van der Waals surface area contributed by atoms with Gasteiger partial charge in [-0.15, -0.1) is 0 Å². The molecule has 1 aliphatic carbocycles. The minimum atomic E-state index is -1.14. The Bertz CT molecular complexity index is 1800. The highest BCUT2D eigenvalue weighted by Gasteiger charge is 2.33. The van der Waals surface area contributed by atoms with E-state index in [1.165, 1.54) is 7.05 Å². The number of fused-ring (bicyclic) bond motifs is 3. The van der Waals surface area contributed by atoms with E-state index in [1.807, 2.05) is 48.5 Å². The standard InChI is InChI=1S/C40H50N6O9/c1-23(2)33(45-39(52)54-22-31-29-13-8-6-11-27(29)28-12-7-9-14-30(28)31)36(48)44-32(15-10-20-42-38(41)51)35(47)43-26-18-16-25(17-19-26)21-55-40(53)46(5)34(24(3)4)37(49)50/h6-9,11-14,16-19,23-24,31-34H,10,15,20-22H2,1-5H3,(H,43,47)(H,44,48)(H,45,52)(H,49,50)(H3,41,42,51). The fourth-order valence-electron chi connectivity index (χ4n) is 6.52.